The fraction of sp³-hybridized carbons (Fsp3) is 0.417. The third-order valence-electron chi connectivity index (χ3n) is 3.11. The molecule has 0 saturated carbocycles. The molecule has 1 unspecified atom stereocenters. The molecule has 1 atom stereocenters. The molecular weight excluding hydrogens is 368 g/mol. The monoisotopic (exact) mass is 378 g/mol. The number of sulfonamides is 1. The summed E-state index contributed by atoms with van der Waals surface area (Å²) in [6.45, 7) is 0.587. The summed E-state index contributed by atoms with van der Waals surface area (Å²) in [5.41, 5.74) is 0. The van der Waals surface area contributed by atoms with Gasteiger partial charge >= 0.3 is 0 Å². The fourth-order valence-corrected chi connectivity index (χ4v) is 4.67. The van der Waals surface area contributed by atoms with E-state index >= 15 is 0 Å². The molecular formula is C12H12BrClN2O3S. The van der Waals surface area contributed by atoms with E-state index < -0.39 is 10.0 Å². The number of hydrogen-bond acceptors (Lipinski definition) is 4. The summed E-state index contributed by atoms with van der Waals surface area (Å²) in [5, 5.41) is 0.167. The summed E-state index contributed by atoms with van der Waals surface area (Å²) in [6.07, 6.45) is 2.84. The first-order valence-corrected chi connectivity index (χ1v) is 8.58. The van der Waals surface area contributed by atoms with E-state index in [9.17, 15) is 13.2 Å². The van der Waals surface area contributed by atoms with E-state index in [0.717, 1.165) is 0 Å². The van der Waals surface area contributed by atoms with E-state index in [4.69, 9.17) is 11.6 Å². The van der Waals surface area contributed by atoms with Gasteiger partial charge in [-0.05, 0) is 31.0 Å². The van der Waals surface area contributed by atoms with Crippen LogP contribution in [-0.4, -0.2) is 37.9 Å². The summed E-state index contributed by atoms with van der Waals surface area (Å²) in [5.74, 6) is 0. The van der Waals surface area contributed by atoms with Gasteiger partial charge in [-0.3, -0.25) is 0 Å². The number of hydrogen-bond donors (Lipinski definition) is 0. The van der Waals surface area contributed by atoms with Gasteiger partial charge in [-0.25, -0.2) is 18.2 Å². The van der Waals surface area contributed by atoms with Gasteiger partial charge in [-0.1, -0.05) is 27.5 Å². The van der Waals surface area contributed by atoms with Gasteiger partial charge in [-0.2, -0.15) is 4.31 Å². The van der Waals surface area contributed by atoms with Crippen LogP contribution in [0.4, 0.5) is 0 Å². The molecule has 1 heterocycles. The van der Waals surface area contributed by atoms with Crippen molar-refractivity contribution in [1.29, 1.82) is 0 Å². The summed E-state index contributed by atoms with van der Waals surface area (Å²) in [7, 11) is -3.67. The molecule has 0 aliphatic carbocycles. The molecule has 0 amide bonds. The zero-order chi connectivity index (χ0) is 14.8. The zero-order valence-corrected chi connectivity index (χ0v) is 13.6. The number of nitrogens with zero attached hydrogens (tertiary/aromatic N) is 2. The van der Waals surface area contributed by atoms with Crippen molar-refractivity contribution in [3.63, 3.8) is 0 Å². The van der Waals surface area contributed by atoms with Crippen molar-refractivity contribution in [3.05, 3.63) is 27.7 Å². The van der Waals surface area contributed by atoms with Crippen LogP contribution in [0.25, 0.3) is 0 Å². The smallest absolute Gasteiger partial charge is 0.211 e. The topological polar surface area (TPSA) is 66.8 Å². The van der Waals surface area contributed by atoms with E-state index in [-0.39, 0.29) is 22.5 Å². The van der Waals surface area contributed by atoms with Crippen LogP contribution in [0, 0.1) is 0 Å². The highest BCUT2D eigenvalue weighted by molar-refractivity contribution is 9.10. The third kappa shape index (κ3) is 3.30. The van der Waals surface area contributed by atoms with Crippen LogP contribution in [0.15, 0.2) is 32.6 Å². The standard InChI is InChI=1S/C12H12BrClN2O3S/c13-9-3-4-12(11(14)6-9)20(18,19)16-5-1-2-10(7-16)15-8-17/h3-4,6,10H,1-2,5,7H2. The molecule has 108 valence electrons. The molecule has 1 aliphatic heterocycles. The first-order chi connectivity index (χ1) is 9.45. The molecule has 0 aromatic heterocycles. The first kappa shape index (κ1) is 15.7. The Morgan fingerprint density at radius 1 is 1.45 bits per heavy atom. The number of aliphatic imine (C=N–C) groups is 1. The predicted molar refractivity (Wildman–Crippen MR) is 79.1 cm³/mol. The van der Waals surface area contributed by atoms with Crippen molar-refractivity contribution in [3.8, 4) is 0 Å². The largest absolute Gasteiger partial charge is 0.244 e. The molecule has 0 radical (unpaired) electrons. The molecule has 8 heteroatoms. The van der Waals surface area contributed by atoms with Gasteiger partial charge in [-0.15, -0.1) is 0 Å². The lowest BCUT2D eigenvalue weighted by Gasteiger charge is -2.29. The molecule has 0 spiro atoms. The Hall–Kier alpha value is -0.720. The maximum atomic E-state index is 12.6. The average Bonchev–Trinajstić information content (AvgIpc) is 2.39. The highest BCUT2D eigenvalue weighted by Gasteiger charge is 2.31. The minimum Gasteiger partial charge on any atom is -0.211 e. The van der Waals surface area contributed by atoms with Crippen molar-refractivity contribution < 1.29 is 13.2 Å². The van der Waals surface area contributed by atoms with Gasteiger partial charge in [0.25, 0.3) is 0 Å². The van der Waals surface area contributed by atoms with Gasteiger partial charge in [0.05, 0.1) is 11.1 Å². The van der Waals surface area contributed by atoms with E-state index in [0.29, 0.717) is 23.9 Å². The predicted octanol–water partition coefficient (Wildman–Crippen LogP) is 2.59. The molecule has 1 fully saturated rings. The molecule has 0 N–H and O–H groups in total. The van der Waals surface area contributed by atoms with Gasteiger partial charge in [0.15, 0.2) is 0 Å². The summed E-state index contributed by atoms with van der Waals surface area (Å²) < 4.78 is 27.1. The third-order valence-corrected chi connectivity index (χ3v) is 5.95. The highest BCUT2D eigenvalue weighted by atomic mass is 79.9. The SMILES string of the molecule is O=C=NC1CCCN(S(=O)(=O)c2ccc(Br)cc2Cl)C1. The van der Waals surface area contributed by atoms with Crippen LogP contribution in [-0.2, 0) is 14.8 Å². The Bertz CT molecular complexity index is 659. The number of halogens is 2. The molecule has 2 rings (SSSR count). The molecule has 5 nitrogen and oxygen atoms in total. The molecule has 1 aromatic rings. The number of isocyanates is 1. The van der Waals surface area contributed by atoms with Crippen LogP contribution < -0.4 is 0 Å². The number of rotatable bonds is 3. The van der Waals surface area contributed by atoms with Gasteiger partial charge < -0.3 is 0 Å². The van der Waals surface area contributed by atoms with Crippen molar-refractivity contribution in [2.75, 3.05) is 13.1 Å². The number of carbonyl (C=O) groups excluding carboxylic acids is 1. The zero-order valence-electron chi connectivity index (χ0n) is 10.4. The van der Waals surface area contributed by atoms with Crippen LogP contribution in [0.3, 0.4) is 0 Å². The minimum atomic E-state index is -3.67. The lowest BCUT2D eigenvalue weighted by Crippen LogP contribution is -2.41. The van der Waals surface area contributed by atoms with E-state index in [1.807, 2.05) is 0 Å². The Balaban J connectivity index is 2.32. The van der Waals surface area contributed by atoms with Crippen LogP contribution in [0.1, 0.15) is 12.8 Å². The van der Waals surface area contributed by atoms with Gasteiger partial charge in [0.2, 0.25) is 16.1 Å². The summed E-state index contributed by atoms with van der Waals surface area (Å²) in [4.78, 5) is 14.0. The Labute approximate surface area is 130 Å². The first-order valence-electron chi connectivity index (χ1n) is 5.97. The summed E-state index contributed by atoms with van der Waals surface area (Å²) >= 11 is 9.25. The fourth-order valence-electron chi connectivity index (χ4n) is 2.14. The molecule has 1 aromatic carbocycles. The van der Waals surface area contributed by atoms with Crippen molar-refractivity contribution in [1.82, 2.24) is 4.31 Å². The van der Waals surface area contributed by atoms with Crippen molar-refractivity contribution >= 4 is 43.6 Å². The second-order valence-corrected chi connectivity index (χ2v) is 7.68. The van der Waals surface area contributed by atoms with Crippen LogP contribution in [0.2, 0.25) is 5.02 Å². The second kappa shape index (κ2) is 6.37. The van der Waals surface area contributed by atoms with Gasteiger partial charge in [0, 0.05) is 17.6 Å². The molecule has 20 heavy (non-hydrogen) atoms. The lowest BCUT2D eigenvalue weighted by atomic mass is 10.1. The van der Waals surface area contributed by atoms with Crippen molar-refractivity contribution in [2.24, 2.45) is 4.99 Å². The van der Waals surface area contributed by atoms with E-state index in [2.05, 4.69) is 20.9 Å². The number of benzene rings is 1. The quantitative estimate of drug-likeness (QED) is 0.599. The Kier molecular flexibility index (Phi) is 4.99. The van der Waals surface area contributed by atoms with Gasteiger partial charge in [0.1, 0.15) is 4.90 Å². The normalized spacial score (nSPS) is 20.4. The Morgan fingerprint density at radius 3 is 2.85 bits per heavy atom. The summed E-state index contributed by atoms with van der Waals surface area (Å²) in [6, 6.07) is 4.31. The highest BCUT2D eigenvalue weighted by Crippen LogP contribution is 2.29. The van der Waals surface area contributed by atoms with Crippen LogP contribution in [0.5, 0.6) is 0 Å². The molecule has 0 bridgehead atoms. The molecule has 1 aliphatic rings. The number of piperidine rings is 1. The van der Waals surface area contributed by atoms with Crippen molar-refractivity contribution in [2.45, 2.75) is 23.8 Å². The molecule has 1 saturated heterocycles. The average molecular weight is 380 g/mol. The van der Waals surface area contributed by atoms with E-state index in [1.165, 1.54) is 16.5 Å². The Morgan fingerprint density at radius 2 is 2.20 bits per heavy atom. The maximum absolute atomic E-state index is 12.6. The maximum Gasteiger partial charge on any atom is 0.244 e. The van der Waals surface area contributed by atoms with Crippen LogP contribution >= 0.6 is 27.5 Å². The lowest BCUT2D eigenvalue weighted by molar-refractivity contribution is 0.316. The minimum absolute atomic E-state index is 0.0677. The second-order valence-electron chi connectivity index (χ2n) is 4.45. The van der Waals surface area contributed by atoms with E-state index in [1.54, 1.807) is 12.1 Å².